The molecule has 0 aliphatic rings. The third kappa shape index (κ3) is 3.53. The van der Waals surface area contributed by atoms with E-state index in [0.717, 1.165) is 4.47 Å². The minimum Gasteiger partial charge on any atom is -0.370 e. The molecule has 1 amide bonds. The topological polar surface area (TPSA) is 88.1 Å². The van der Waals surface area contributed by atoms with Crippen LogP contribution in [0.3, 0.4) is 0 Å². The number of halogens is 1. The van der Waals surface area contributed by atoms with Crippen LogP contribution in [0.1, 0.15) is 5.56 Å². The Morgan fingerprint density at radius 3 is 2.94 bits per heavy atom. The van der Waals surface area contributed by atoms with E-state index in [1.165, 1.54) is 7.11 Å². The van der Waals surface area contributed by atoms with Gasteiger partial charge in [0.1, 0.15) is 12.2 Å². The SMILES string of the molecule is COC(CN)C(=O)Nc1cc(Br)ccc1C#N. The van der Waals surface area contributed by atoms with E-state index in [0.29, 0.717) is 11.3 Å². The number of nitrogens with zero attached hydrogens (tertiary/aromatic N) is 1. The summed E-state index contributed by atoms with van der Waals surface area (Å²) in [6.45, 7) is 0.0816. The van der Waals surface area contributed by atoms with Crippen LogP contribution in [0.25, 0.3) is 0 Å². The Balaban J connectivity index is 2.91. The van der Waals surface area contributed by atoms with E-state index in [9.17, 15) is 4.79 Å². The fourth-order valence-corrected chi connectivity index (χ4v) is 1.60. The van der Waals surface area contributed by atoms with Gasteiger partial charge in [0.05, 0.1) is 11.3 Å². The van der Waals surface area contributed by atoms with Gasteiger partial charge in [0.2, 0.25) is 0 Å². The summed E-state index contributed by atoms with van der Waals surface area (Å²) in [6, 6.07) is 6.99. The van der Waals surface area contributed by atoms with Gasteiger partial charge in [-0.2, -0.15) is 5.26 Å². The van der Waals surface area contributed by atoms with Gasteiger partial charge in [-0.1, -0.05) is 15.9 Å². The highest BCUT2D eigenvalue weighted by atomic mass is 79.9. The van der Waals surface area contributed by atoms with Gasteiger partial charge in [0.25, 0.3) is 5.91 Å². The van der Waals surface area contributed by atoms with Gasteiger partial charge in [-0.25, -0.2) is 0 Å². The zero-order valence-corrected chi connectivity index (χ0v) is 10.8. The van der Waals surface area contributed by atoms with E-state index >= 15 is 0 Å². The molecule has 3 N–H and O–H groups in total. The molecule has 1 rings (SSSR count). The fourth-order valence-electron chi connectivity index (χ4n) is 1.24. The largest absolute Gasteiger partial charge is 0.370 e. The van der Waals surface area contributed by atoms with E-state index in [1.54, 1.807) is 18.2 Å². The number of anilines is 1. The van der Waals surface area contributed by atoms with Gasteiger partial charge in [-0.15, -0.1) is 0 Å². The molecule has 1 aromatic carbocycles. The van der Waals surface area contributed by atoms with Crippen LogP contribution in [0, 0.1) is 11.3 Å². The van der Waals surface area contributed by atoms with Crippen molar-refractivity contribution < 1.29 is 9.53 Å². The van der Waals surface area contributed by atoms with Crippen LogP contribution in [0.4, 0.5) is 5.69 Å². The molecule has 1 atom stereocenters. The number of nitrogens with one attached hydrogen (secondary N) is 1. The summed E-state index contributed by atoms with van der Waals surface area (Å²) in [5.41, 5.74) is 6.19. The van der Waals surface area contributed by atoms with Gasteiger partial charge >= 0.3 is 0 Å². The predicted molar refractivity (Wildman–Crippen MR) is 67.3 cm³/mol. The molecule has 0 heterocycles. The summed E-state index contributed by atoms with van der Waals surface area (Å²) in [5, 5.41) is 11.5. The molecule has 17 heavy (non-hydrogen) atoms. The minimum atomic E-state index is -0.722. The number of rotatable bonds is 4. The lowest BCUT2D eigenvalue weighted by molar-refractivity contribution is -0.125. The van der Waals surface area contributed by atoms with E-state index in [1.807, 2.05) is 6.07 Å². The van der Waals surface area contributed by atoms with Crippen molar-refractivity contribution in [3.63, 3.8) is 0 Å². The molecule has 0 radical (unpaired) electrons. The molecule has 0 aliphatic heterocycles. The molecule has 0 fully saturated rings. The van der Waals surface area contributed by atoms with Crippen molar-refractivity contribution in [3.05, 3.63) is 28.2 Å². The van der Waals surface area contributed by atoms with Crippen LogP contribution in [-0.2, 0) is 9.53 Å². The maximum absolute atomic E-state index is 11.7. The highest BCUT2D eigenvalue weighted by molar-refractivity contribution is 9.10. The Kier molecular flexibility index (Phi) is 5.10. The lowest BCUT2D eigenvalue weighted by Crippen LogP contribution is -2.36. The summed E-state index contributed by atoms with van der Waals surface area (Å²) in [6.07, 6.45) is -0.722. The minimum absolute atomic E-state index is 0.0816. The molecule has 0 aromatic heterocycles. The van der Waals surface area contributed by atoms with Crippen LogP contribution in [0.15, 0.2) is 22.7 Å². The van der Waals surface area contributed by atoms with Crippen molar-refractivity contribution in [3.8, 4) is 6.07 Å². The second-order valence-electron chi connectivity index (χ2n) is 3.25. The molecule has 1 aromatic rings. The van der Waals surface area contributed by atoms with Gasteiger partial charge in [-0.05, 0) is 18.2 Å². The van der Waals surface area contributed by atoms with Crippen LogP contribution < -0.4 is 11.1 Å². The van der Waals surface area contributed by atoms with E-state index in [-0.39, 0.29) is 12.5 Å². The van der Waals surface area contributed by atoms with Crippen LogP contribution in [-0.4, -0.2) is 25.7 Å². The number of benzene rings is 1. The number of methoxy groups -OCH3 is 1. The number of nitriles is 1. The average Bonchev–Trinajstić information content (AvgIpc) is 2.31. The molecule has 0 saturated carbocycles. The number of hydrogen-bond acceptors (Lipinski definition) is 4. The van der Waals surface area contributed by atoms with Gasteiger partial charge < -0.3 is 15.8 Å². The van der Waals surface area contributed by atoms with E-state index in [2.05, 4.69) is 21.2 Å². The number of amides is 1. The van der Waals surface area contributed by atoms with E-state index in [4.69, 9.17) is 15.7 Å². The normalized spacial score (nSPS) is 11.6. The highest BCUT2D eigenvalue weighted by Gasteiger charge is 2.17. The number of ether oxygens (including phenoxy) is 1. The second-order valence-corrected chi connectivity index (χ2v) is 4.17. The quantitative estimate of drug-likeness (QED) is 0.875. The van der Waals surface area contributed by atoms with Crippen molar-refractivity contribution in [2.45, 2.75) is 6.10 Å². The Morgan fingerprint density at radius 1 is 1.71 bits per heavy atom. The van der Waals surface area contributed by atoms with Gasteiger partial charge in [0.15, 0.2) is 0 Å². The number of nitrogens with two attached hydrogens (primary N) is 1. The van der Waals surface area contributed by atoms with Crippen molar-refractivity contribution >= 4 is 27.5 Å². The average molecular weight is 298 g/mol. The van der Waals surface area contributed by atoms with Crippen LogP contribution in [0.2, 0.25) is 0 Å². The van der Waals surface area contributed by atoms with Crippen molar-refractivity contribution in [1.82, 2.24) is 0 Å². The first-order valence-corrected chi connectivity index (χ1v) is 5.65. The molecule has 90 valence electrons. The first-order chi connectivity index (χ1) is 8.12. The molecule has 5 nitrogen and oxygen atoms in total. The monoisotopic (exact) mass is 297 g/mol. The highest BCUT2D eigenvalue weighted by Crippen LogP contribution is 2.21. The second kappa shape index (κ2) is 6.35. The fraction of sp³-hybridized carbons (Fsp3) is 0.273. The molecule has 6 heteroatoms. The first-order valence-electron chi connectivity index (χ1n) is 4.85. The van der Waals surface area contributed by atoms with Crippen molar-refractivity contribution in [2.75, 3.05) is 19.0 Å². The number of carbonyl (C=O) groups is 1. The molecular weight excluding hydrogens is 286 g/mol. The van der Waals surface area contributed by atoms with Gasteiger partial charge in [0, 0.05) is 18.1 Å². The third-order valence-corrected chi connectivity index (χ3v) is 2.64. The number of hydrogen-bond donors (Lipinski definition) is 2. The molecule has 0 aliphatic carbocycles. The van der Waals surface area contributed by atoms with Crippen LogP contribution in [0.5, 0.6) is 0 Å². The van der Waals surface area contributed by atoms with Crippen LogP contribution >= 0.6 is 15.9 Å². The summed E-state index contributed by atoms with van der Waals surface area (Å²) >= 11 is 3.27. The number of carbonyl (C=O) groups excluding carboxylic acids is 1. The third-order valence-electron chi connectivity index (χ3n) is 2.15. The Morgan fingerprint density at radius 2 is 2.41 bits per heavy atom. The summed E-state index contributed by atoms with van der Waals surface area (Å²) in [5.74, 6) is -0.371. The van der Waals surface area contributed by atoms with E-state index < -0.39 is 6.10 Å². The van der Waals surface area contributed by atoms with Crippen molar-refractivity contribution in [2.24, 2.45) is 5.73 Å². The molecule has 1 unspecified atom stereocenters. The molecular formula is C11H12BrN3O2. The zero-order chi connectivity index (χ0) is 12.8. The molecule has 0 bridgehead atoms. The summed E-state index contributed by atoms with van der Waals surface area (Å²) in [7, 11) is 1.41. The smallest absolute Gasteiger partial charge is 0.254 e. The Labute approximate surface area is 108 Å². The first kappa shape index (κ1) is 13.6. The Hall–Kier alpha value is -1.42. The predicted octanol–water partition coefficient (Wildman–Crippen LogP) is 1.23. The Bertz CT molecular complexity index is 453. The lowest BCUT2D eigenvalue weighted by atomic mass is 10.2. The summed E-state index contributed by atoms with van der Waals surface area (Å²) < 4.78 is 5.68. The standard InChI is InChI=1S/C11H12BrN3O2/c1-17-10(6-14)11(16)15-9-4-8(12)3-2-7(9)5-13/h2-4,10H,6,14H2,1H3,(H,15,16). The maximum atomic E-state index is 11.7. The molecule has 0 saturated heterocycles. The summed E-state index contributed by atoms with van der Waals surface area (Å²) in [4.78, 5) is 11.7. The van der Waals surface area contributed by atoms with Crippen molar-refractivity contribution in [1.29, 1.82) is 5.26 Å². The lowest BCUT2D eigenvalue weighted by Gasteiger charge is -2.13. The molecule has 0 spiro atoms. The zero-order valence-electron chi connectivity index (χ0n) is 9.24. The van der Waals surface area contributed by atoms with Gasteiger partial charge in [-0.3, -0.25) is 4.79 Å². The maximum Gasteiger partial charge on any atom is 0.254 e.